The molecule has 0 fully saturated rings. The smallest absolute Gasteiger partial charge is 0.322 e. The molecule has 2 N–H and O–H groups in total. The lowest BCUT2D eigenvalue weighted by Crippen LogP contribution is -2.41. The van der Waals surface area contributed by atoms with Gasteiger partial charge in [-0.25, -0.2) is 4.79 Å². The summed E-state index contributed by atoms with van der Waals surface area (Å²) in [6.45, 7) is 2.92. The first kappa shape index (κ1) is 23.9. The second-order valence-corrected chi connectivity index (χ2v) is 8.71. The summed E-state index contributed by atoms with van der Waals surface area (Å²) in [5.41, 5.74) is 2.52. The number of amides is 3. The van der Waals surface area contributed by atoms with E-state index in [4.69, 9.17) is 0 Å². The first-order valence-electron chi connectivity index (χ1n) is 10.4. The SMILES string of the molecule is C/C=C\N=CCc1c(C#N)c(C(=O)NC)c2n1CCN(C(=O)Nc1ccc(S(C)=O)cc1)C2. The topological polar surface area (TPSA) is 120 Å². The number of urea groups is 1. The van der Waals surface area contributed by atoms with Gasteiger partial charge in [-0.05, 0) is 31.2 Å². The van der Waals surface area contributed by atoms with E-state index in [9.17, 15) is 19.1 Å². The lowest BCUT2D eigenvalue weighted by Gasteiger charge is -2.30. The molecule has 1 aliphatic rings. The summed E-state index contributed by atoms with van der Waals surface area (Å²) in [5.74, 6) is -0.364. The van der Waals surface area contributed by atoms with Gasteiger partial charge in [0.25, 0.3) is 5.91 Å². The van der Waals surface area contributed by atoms with Crippen molar-refractivity contribution in [1.29, 1.82) is 5.26 Å². The van der Waals surface area contributed by atoms with Gasteiger partial charge < -0.3 is 20.1 Å². The van der Waals surface area contributed by atoms with Gasteiger partial charge in [-0.3, -0.25) is 14.0 Å². The summed E-state index contributed by atoms with van der Waals surface area (Å²) >= 11 is 0. The summed E-state index contributed by atoms with van der Waals surface area (Å²) in [5, 5.41) is 15.3. The van der Waals surface area contributed by atoms with Crippen LogP contribution >= 0.6 is 0 Å². The number of fused-ring (bicyclic) bond motifs is 1. The second kappa shape index (κ2) is 10.7. The molecule has 172 valence electrons. The summed E-state index contributed by atoms with van der Waals surface area (Å²) in [4.78, 5) is 32.0. The molecule has 1 aliphatic heterocycles. The molecule has 1 aromatic carbocycles. The largest absolute Gasteiger partial charge is 0.355 e. The third kappa shape index (κ3) is 5.21. The van der Waals surface area contributed by atoms with Gasteiger partial charge >= 0.3 is 6.03 Å². The zero-order valence-corrected chi connectivity index (χ0v) is 19.6. The molecule has 1 unspecified atom stereocenters. The predicted molar refractivity (Wildman–Crippen MR) is 128 cm³/mol. The van der Waals surface area contributed by atoms with Crippen molar-refractivity contribution in [3.8, 4) is 6.07 Å². The quantitative estimate of drug-likeness (QED) is 0.636. The van der Waals surface area contributed by atoms with E-state index in [1.165, 1.54) is 7.05 Å². The molecule has 0 bridgehead atoms. The number of hydrogen-bond acceptors (Lipinski definition) is 5. The Morgan fingerprint density at radius 3 is 2.61 bits per heavy atom. The zero-order valence-electron chi connectivity index (χ0n) is 18.8. The monoisotopic (exact) mass is 466 g/mol. The van der Waals surface area contributed by atoms with Crippen molar-refractivity contribution in [2.24, 2.45) is 4.99 Å². The van der Waals surface area contributed by atoms with Crippen molar-refractivity contribution < 1.29 is 13.8 Å². The second-order valence-electron chi connectivity index (χ2n) is 7.33. The van der Waals surface area contributed by atoms with Crippen molar-refractivity contribution in [1.82, 2.24) is 14.8 Å². The number of nitrogens with one attached hydrogen (secondary N) is 2. The molecular formula is C23H26N6O3S. The van der Waals surface area contributed by atoms with Crippen molar-refractivity contribution in [3.63, 3.8) is 0 Å². The van der Waals surface area contributed by atoms with Crippen LogP contribution in [0.2, 0.25) is 0 Å². The minimum atomic E-state index is -1.10. The lowest BCUT2D eigenvalue weighted by atomic mass is 10.1. The van der Waals surface area contributed by atoms with E-state index in [0.29, 0.717) is 52.6 Å². The van der Waals surface area contributed by atoms with E-state index < -0.39 is 10.8 Å². The molecule has 2 aromatic rings. The summed E-state index contributed by atoms with van der Waals surface area (Å²) in [6, 6.07) is 8.67. The van der Waals surface area contributed by atoms with Crippen molar-refractivity contribution in [2.45, 2.75) is 31.3 Å². The Bertz CT molecular complexity index is 1170. The average Bonchev–Trinajstić information content (AvgIpc) is 3.14. The zero-order chi connectivity index (χ0) is 24.0. The van der Waals surface area contributed by atoms with Gasteiger partial charge in [0, 0.05) is 72.3 Å². The molecule has 3 rings (SSSR count). The van der Waals surface area contributed by atoms with Crippen LogP contribution in [0.5, 0.6) is 0 Å². The number of benzene rings is 1. The minimum Gasteiger partial charge on any atom is -0.355 e. The van der Waals surface area contributed by atoms with Gasteiger partial charge in [-0.2, -0.15) is 5.26 Å². The van der Waals surface area contributed by atoms with Crippen molar-refractivity contribution >= 4 is 34.6 Å². The van der Waals surface area contributed by atoms with E-state index in [0.717, 1.165) is 0 Å². The van der Waals surface area contributed by atoms with Crippen LogP contribution in [0.25, 0.3) is 0 Å². The van der Waals surface area contributed by atoms with E-state index in [-0.39, 0.29) is 18.5 Å². The van der Waals surface area contributed by atoms with Crippen LogP contribution in [0.15, 0.2) is 46.4 Å². The first-order chi connectivity index (χ1) is 15.9. The Morgan fingerprint density at radius 2 is 2.00 bits per heavy atom. The third-order valence-electron chi connectivity index (χ3n) is 5.33. The molecule has 9 nitrogen and oxygen atoms in total. The number of aliphatic imine (C=N–C) groups is 1. The lowest BCUT2D eigenvalue weighted by molar-refractivity contribution is 0.0959. The van der Waals surface area contributed by atoms with Crippen LogP contribution < -0.4 is 10.6 Å². The first-order valence-corrected chi connectivity index (χ1v) is 12.0. The van der Waals surface area contributed by atoms with Gasteiger partial charge in [-0.15, -0.1) is 0 Å². The van der Waals surface area contributed by atoms with Crippen LogP contribution in [-0.2, 0) is 30.3 Å². The molecule has 0 saturated heterocycles. The molecule has 0 aliphatic carbocycles. The van der Waals surface area contributed by atoms with Gasteiger partial charge in [0.1, 0.15) is 6.07 Å². The predicted octanol–water partition coefficient (Wildman–Crippen LogP) is 2.65. The van der Waals surface area contributed by atoms with E-state index in [2.05, 4.69) is 21.7 Å². The van der Waals surface area contributed by atoms with Gasteiger partial charge in [-0.1, -0.05) is 6.08 Å². The van der Waals surface area contributed by atoms with Gasteiger partial charge in [0.05, 0.1) is 23.4 Å². The number of rotatable bonds is 6. The Balaban J connectivity index is 1.88. The van der Waals surface area contributed by atoms with Crippen LogP contribution in [0.1, 0.15) is 34.2 Å². The Kier molecular flexibility index (Phi) is 7.79. The Labute approximate surface area is 195 Å². The number of aromatic nitrogens is 1. The normalized spacial score (nSPS) is 14.2. The highest BCUT2D eigenvalue weighted by atomic mass is 32.2. The number of carbonyl (C=O) groups excluding carboxylic acids is 2. The van der Waals surface area contributed by atoms with E-state index in [1.807, 2.05) is 11.5 Å². The van der Waals surface area contributed by atoms with Crippen LogP contribution in [0, 0.1) is 11.3 Å². The molecule has 0 spiro atoms. The maximum atomic E-state index is 12.9. The molecule has 1 atom stereocenters. The third-order valence-corrected chi connectivity index (χ3v) is 6.26. The fourth-order valence-corrected chi connectivity index (χ4v) is 4.25. The summed E-state index contributed by atoms with van der Waals surface area (Å²) in [7, 11) is 0.420. The summed E-state index contributed by atoms with van der Waals surface area (Å²) < 4.78 is 13.5. The number of allylic oxidation sites excluding steroid dienone is 1. The van der Waals surface area contributed by atoms with Gasteiger partial charge in [0.15, 0.2) is 0 Å². The number of nitrogens with zero attached hydrogens (tertiary/aromatic N) is 4. The highest BCUT2D eigenvalue weighted by Crippen LogP contribution is 2.28. The molecule has 0 saturated carbocycles. The fourth-order valence-electron chi connectivity index (χ4n) is 3.73. The standard InChI is InChI=1S/C23H26N6O3S/c1-4-10-26-11-9-19-18(14-24)21(22(30)25-2)20-15-28(12-13-29(19)20)23(31)27-16-5-7-17(8-6-16)33(3)32/h4-8,10-11H,9,12-13,15H2,1-3H3,(H,25,30)(H,27,31)/b10-4-,26-11?. The maximum Gasteiger partial charge on any atom is 0.322 e. The number of hydrogen-bond donors (Lipinski definition) is 2. The number of nitriles is 1. The average molecular weight is 467 g/mol. The Hall–Kier alpha value is -3.71. The number of anilines is 1. The minimum absolute atomic E-state index is 0.187. The molecule has 0 radical (unpaired) electrons. The highest BCUT2D eigenvalue weighted by molar-refractivity contribution is 7.84. The fraction of sp³-hybridized carbons (Fsp3) is 0.304. The van der Waals surface area contributed by atoms with Crippen molar-refractivity contribution in [2.75, 3.05) is 25.2 Å². The number of carbonyl (C=O) groups is 2. The molecular weight excluding hydrogens is 440 g/mol. The van der Waals surface area contributed by atoms with Crippen LogP contribution in [0.4, 0.5) is 10.5 Å². The Morgan fingerprint density at radius 1 is 1.27 bits per heavy atom. The van der Waals surface area contributed by atoms with E-state index in [1.54, 1.807) is 53.9 Å². The molecule has 3 amide bonds. The van der Waals surface area contributed by atoms with E-state index >= 15 is 0 Å². The summed E-state index contributed by atoms with van der Waals surface area (Å²) in [6.07, 6.45) is 7.15. The molecule has 33 heavy (non-hydrogen) atoms. The molecule has 10 heteroatoms. The highest BCUT2D eigenvalue weighted by Gasteiger charge is 2.31. The van der Waals surface area contributed by atoms with Crippen molar-refractivity contribution in [3.05, 3.63) is 59.1 Å². The molecule has 1 aromatic heterocycles. The van der Waals surface area contributed by atoms with Crippen LogP contribution in [0.3, 0.4) is 0 Å². The van der Waals surface area contributed by atoms with Crippen LogP contribution in [-0.4, -0.2) is 51.7 Å². The maximum absolute atomic E-state index is 12.9. The molecule has 2 heterocycles. The van der Waals surface area contributed by atoms with Gasteiger partial charge in [0.2, 0.25) is 0 Å².